The van der Waals surface area contributed by atoms with Crippen LogP contribution in [0, 0.1) is 6.92 Å². The Morgan fingerprint density at radius 1 is 1.33 bits per heavy atom. The number of hydrogen-bond acceptors (Lipinski definition) is 2. The van der Waals surface area contributed by atoms with E-state index in [4.69, 9.17) is 4.74 Å². The molecule has 1 amide bonds. The van der Waals surface area contributed by atoms with Crippen molar-refractivity contribution in [2.45, 2.75) is 46.6 Å². The van der Waals surface area contributed by atoms with E-state index < -0.39 is 0 Å². The molecule has 100 valence electrons. The number of aryl methyl sites for hydroxylation is 1. The van der Waals surface area contributed by atoms with Crippen LogP contribution in [-0.2, 0) is 0 Å². The van der Waals surface area contributed by atoms with E-state index in [1.807, 2.05) is 39.0 Å². The highest BCUT2D eigenvalue weighted by molar-refractivity contribution is 5.99. The zero-order valence-corrected chi connectivity index (χ0v) is 12.0. The first-order chi connectivity index (χ1) is 8.41. The quantitative estimate of drug-likeness (QED) is 0.766. The van der Waals surface area contributed by atoms with Crippen LogP contribution in [0.2, 0.25) is 0 Å². The van der Waals surface area contributed by atoms with Crippen LogP contribution < -0.4 is 10.1 Å². The average Bonchev–Trinajstić information content (AvgIpc) is 2.37. The molecule has 0 unspecified atom stereocenters. The first kappa shape index (κ1) is 14.6. The van der Waals surface area contributed by atoms with Gasteiger partial charge in [-0.25, -0.2) is 0 Å². The molecule has 3 heteroatoms. The molecule has 18 heavy (non-hydrogen) atoms. The molecule has 2 rings (SSSR count). The van der Waals surface area contributed by atoms with Gasteiger partial charge in [-0.05, 0) is 32.4 Å². The van der Waals surface area contributed by atoms with Crippen molar-refractivity contribution in [3.05, 3.63) is 29.3 Å². The summed E-state index contributed by atoms with van der Waals surface area (Å²) in [7, 11) is 0. The highest BCUT2D eigenvalue weighted by Gasteiger charge is 2.28. The molecule has 1 aromatic rings. The van der Waals surface area contributed by atoms with Crippen LogP contribution in [0.5, 0.6) is 5.75 Å². The summed E-state index contributed by atoms with van der Waals surface area (Å²) in [4.78, 5) is 12.0. The molecule has 3 nitrogen and oxygen atoms in total. The summed E-state index contributed by atoms with van der Waals surface area (Å²) in [6.45, 7) is 10.6. The summed E-state index contributed by atoms with van der Waals surface area (Å²) in [5.41, 5.74) is 1.29. The second-order valence-corrected chi connectivity index (χ2v) is 5.28. The molecule has 1 aliphatic heterocycles. The first-order valence-corrected chi connectivity index (χ1v) is 6.46. The van der Waals surface area contributed by atoms with Crippen LogP contribution in [0.4, 0.5) is 0 Å². The Kier molecular flexibility index (Phi) is 4.76. The predicted molar refractivity (Wildman–Crippen MR) is 74.2 cm³/mol. The lowest BCUT2D eigenvalue weighted by Gasteiger charge is -2.22. The maximum atomic E-state index is 12.0. The van der Waals surface area contributed by atoms with Crippen LogP contribution in [0.25, 0.3) is 0 Å². The van der Waals surface area contributed by atoms with Gasteiger partial charge in [-0.3, -0.25) is 4.79 Å². The zero-order chi connectivity index (χ0) is 13.8. The minimum atomic E-state index is -0.317. The van der Waals surface area contributed by atoms with Gasteiger partial charge in [-0.1, -0.05) is 32.4 Å². The lowest BCUT2D eigenvalue weighted by atomic mass is 10.1. The van der Waals surface area contributed by atoms with Gasteiger partial charge in [0, 0.05) is 0 Å². The second-order valence-electron chi connectivity index (χ2n) is 5.28. The SMILES string of the molecule is CCC.Cc1cccc2c1C(=O)NC(C)(C)CO2. The van der Waals surface area contributed by atoms with Crippen molar-refractivity contribution in [2.24, 2.45) is 0 Å². The van der Waals surface area contributed by atoms with Crippen LogP contribution in [-0.4, -0.2) is 18.1 Å². The fraction of sp³-hybridized carbons (Fsp3) is 0.533. The molecule has 0 aromatic heterocycles. The third-order valence-electron chi connectivity index (χ3n) is 2.50. The van der Waals surface area contributed by atoms with E-state index in [9.17, 15) is 4.79 Å². The maximum absolute atomic E-state index is 12.0. The van der Waals surface area contributed by atoms with Crippen molar-refractivity contribution in [3.8, 4) is 5.75 Å². The lowest BCUT2D eigenvalue weighted by molar-refractivity contribution is 0.0908. The van der Waals surface area contributed by atoms with Gasteiger partial charge in [0.2, 0.25) is 0 Å². The monoisotopic (exact) mass is 249 g/mol. The number of fused-ring (bicyclic) bond motifs is 1. The number of hydrogen-bond donors (Lipinski definition) is 1. The standard InChI is InChI=1S/C12H15NO2.C3H8/c1-8-5-4-6-9-10(8)11(14)13-12(2,3)7-15-9;1-3-2/h4-6H,7H2,1-3H3,(H,13,14);3H2,1-2H3. The smallest absolute Gasteiger partial charge is 0.255 e. The summed E-state index contributed by atoms with van der Waals surface area (Å²) in [5, 5.41) is 2.95. The number of ether oxygens (including phenoxy) is 1. The molecular formula is C15H23NO2. The van der Waals surface area contributed by atoms with Gasteiger partial charge in [0.15, 0.2) is 0 Å². The minimum absolute atomic E-state index is 0.0504. The molecule has 0 saturated heterocycles. The summed E-state index contributed by atoms with van der Waals surface area (Å²) < 4.78 is 5.63. The number of rotatable bonds is 0. The fourth-order valence-electron chi connectivity index (χ4n) is 1.72. The van der Waals surface area contributed by atoms with Crippen molar-refractivity contribution in [1.29, 1.82) is 0 Å². The average molecular weight is 249 g/mol. The molecule has 0 fully saturated rings. The van der Waals surface area contributed by atoms with E-state index in [0.717, 1.165) is 5.56 Å². The van der Waals surface area contributed by atoms with Crippen molar-refractivity contribution in [2.75, 3.05) is 6.61 Å². The molecule has 1 N–H and O–H groups in total. The molecule has 0 radical (unpaired) electrons. The Morgan fingerprint density at radius 2 is 1.94 bits per heavy atom. The molecule has 0 bridgehead atoms. The van der Waals surface area contributed by atoms with E-state index in [-0.39, 0.29) is 11.4 Å². The molecular weight excluding hydrogens is 226 g/mol. The number of nitrogens with one attached hydrogen (secondary N) is 1. The number of carbonyl (C=O) groups excluding carboxylic acids is 1. The molecule has 1 aromatic carbocycles. The van der Waals surface area contributed by atoms with Crippen LogP contribution in [0.3, 0.4) is 0 Å². The van der Waals surface area contributed by atoms with Crippen LogP contribution in [0.1, 0.15) is 50.0 Å². The summed E-state index contributed by atoms with van der Waals surface area (Å²) in [6, 6.07) is 5.66. The van der Waals surface area contributed by atoms with E-state index in [0.29, 0.717) is 17.9 Å². The van der Waals surface area contributed by atoms with Crippen LogP contribution in [0.15, 0.2) is 18.2 Å². The highest BCUT2D eigenvalue weighted by Crippen LogP contribution is 2.26. The normalized spacial score (nSPS) is 16.4. The maximum Gasteiger partial charge on any atom is 0.255 e. The molecule has 0 spiro atoms. The Labute approximate surface area is 110 Å². The van der Waals surface area contributed by atoms with Gasteiger partial charge in [-0.15, -0.1) is 0 Å². The van der Waals surface area contributed by atoms with Gasteiger partial charge in [0.1, 0.15) is 12.4 Å². The Morgan fingerprint density at radius 3 is 2.56 bits per heavy atom. The highest BCUT2D eigenvalue weighted by atomic mass is 16.5. The Bertz CT molecular complexity index is 425. The van der Waals surface area contributed by atoms with Gasteiger partial charge < -0.3 is 10.1 Å². The molecule has 0 saturated carbocycles. The van der Waals surface area contributed by atoms with E-state index in [1.165, 1.54) is 6.42 Å². The number of carbonyl (C=O) groups is 1. The van der Waals surface area contributed by atoms with Crippen molar-refractivity contribution in [1.82, 2.24) is 5.32 Å². The minimum Gasteiger partial charge on any atom is -0.490 e. The Balaban J connectivity index is 0.000000492. The van der Waals surface area contributed by atoms with Crippen molar-refractivity contribution in [3.63, 3.8) is 0 Å². The molecule has 1 heterocycles. The largest absolute Gasteiger partial charge is 0.490 e. The second kappa shape index (κ2) is 5.89. The summed E-state index contributed by atoms with van der Waals surface area (Å²) >= 11 is 0. The molecule has 1 aliphatic rings. The van der Waals surface area contributed by atoms with Crippen molar-refractivity contribution < 1.29 is 9.53 Å². The van der Waals surface area contributed by atoms with E-state index in [2.05, 4.69) is 19.2 Å². The zero-order valence-electron chi connectivity index (χ0n) is 12.0. The van der Waals surface area contributed by atoms with Gasteiger partial charge in [0.25, 0.3) is 5.91 Å². The van der Waals surface area contributed by atoms with Gasteiger partial charge >= 0.3 is 0 Å². The third kappa shape index (κ3) is 3.49. The summed E-state index contributed by atoms with van der Waals surface area (Å²) in [5.74, 6) is 0.628. The topological polar surface area (TPSA) is 38.3 Å². The fourth-order valence-corrected chi connectivity index (χ4v) is 1.72. The third-order valence-corrected chi connectivity index (χ3v) is 2.50. The van der Waals surface area contributed by atoms with E-state index >= 15 is 0 Å². The lowest BCUT2D eigenvalue weighted by Crippen LogP contribution is -2.45. The first-order valence-electron chi connectivity index (χ1n) is 6.46. The molecule has 0 aliphatic carbocycles. The van der Waals surface area contributed by atoms with Gasteiger partial charge in [0.05, 0.1) is 11.1 Å². The predicted octanol–water partition coefficient (Wildman–Crippen LogP) is 3.31. The number of amides is 1. The van der Waals surface area contributed by atoms with Crippen molar-refractivity contribution >= 4 is 5.91 Å². The van der Waals surface area contributed by atoms with E-state index in [1.54, 1.807) is 0 Å². The number of benzene rings is 1. The molecule has 0 atom stereocenters. The summed E-state index contributed by atoms with van der Waals surface area (Å²) in [6.07, 6.45) is 1.25. The van der Waals surface area contributed by atoms with Gasteiger partial charge in [-0.2, -0.15) is 0 Å². The Hall–Kier alpha value is -1.51. The van der Waals surface area contributed by atoms with Crippen LogP contribution >= 0.6 is 0 Å².